The van der Waals surface area contributed by atoms with Gasteiger partial charge in [-0.25, -0.2) is 4.79 Å². The quantitative estimate of drug-likeness (QED) is 0.800. The third-order valence-corrected chi connectivity index (χ3v) is 2.95. The molecular weight excluding hydrogens is 206 g/mol. The second-order valence-corrected chi connectivity index (χ2v) is 4.06. The number of nitrogens with zero attached hydrogens (tertiary/aromatic N) is 1. The minimum absolute atomic E-state index is 0.315. The van der Waals surface area contributed by atoms with Crippen molar-refractivity contribution in [2.75, 3.05) is 13.1 Å². The van der Waals surface area contributed by atoms with Crippen LogP contribution in [0.4, 0.5) is 4.79 Å². The van der Waals surface area contributed by atoms with Crippen LogP contribution in [0.5, 0.6) is 0 Å². The Labute approximate surface area is 94.6 Å². The van der Waals surface area contributed by atoms with Gasteiger partial charge >= 0.3 is 6.03 Å². The Kier molecular flexibility index (Phi) is 3.46. The second-order valence-electron chi connectivity index (χ2n) is 4.06. The van der Waals surface area contributed by atoms with Crippen LogP contribution < -0.4 is 11.1 Å². The standard InChI is InChI=1S/C11H17N3O2/c12-11(15)14-5-3-9(4-6-14)13-8-10-2-1-7-16-10/h1-2,7,9,13H,3-6,8H2,(H2,12,15). The SMILES string of the molecule is NC(=O)N1CCC(NCc2ccco2)CC1. The van der Waals surface area contributed by atoms with Crippen LogP contribution >= 0.6 is 0 Å². The van der Waals surface area contributed by atoms with Crippen molar-refractivity contribution in [3.05, 3.63) is 24.2 Å². The fourth-order valence-corrected chi connectivity index (χ4v) is 1.96. The molecule has 1 fully saturated rings. The van der Waals surface area contributed by atoms with Crippen molar-refractivity contribution in [2.45, 2.75) is 25.4 Å². The number of nitrogens with two attached hydrogens (primary N) is 1. The molecule has 0 unspecified atom stereocenters. The lowest BCUT2D eigenvalue weighted by atomic mass is 10.1. The fraction of sp³-hybridized carbons (Fsp3) is 0.545. The monoisotopic (exact) mass is 223 g/mol. The predicted molar refractivity (Wildman–Crippen MR) is 59.7 cm³/mol. The highest BCUT2D eigenvalue weighted by Gasteiger charge is 2.20. The van der Waals surface area contributed by atoms with E-state index in [1.165, 1.54) is 0 Å². The molecule has 0 radical (unpaired) electrons. The zero-order chi connectivity index (χ0) is 11.4. The first-order chi connectivity index (χ1) is 7.75. The number of carbonyl (C=O) groups excluding carboxylic acids is 1. The summed E-state index contributed by atoms with van der Waals surface area (Å²) in [5.74, 6) is 0.942. The number of rotatable bonds is 3. The molecule has 2 rings (SSSR count). The van der Waals surface area contributed by atoms with Gasteiger partial charge in [0.2, 0.25) is 0 Å². The van der Waals surface area contributed by atoms with E-state index in [1.54, 1.807) is 11.2 Å². The number of amides is 2. The molecule has 0 saturated carbocycles. The van der Waals surface area contributed by atoms with Crippen molar-refractivity contribution < 1.29 is 9.21 Å². The van der Waals surface area contributed by atoms with Crippen LogP contribution in [0.2, 0.25) is 0 Å². The summed E-state index contributed by atoms with van der Waals surface area (Å²) >= 11 is 0. The zero-order valence-electron chi connectivity index (χ0n) is 9.19. The van der Waals surface area contributed by atoms with Crippen molar-refractivity contribution in [2.24, 2.45) is 5.73 Å². The van der Waals surface area contributed by atoms with E-state index >= 15 is 0 Å². The first-order valence-corrected chi connectivity index (χ1v) is 5.56. The van der Waals surface area contributed by atoms with Gasteiger partial charge in [-0.1, -0.05) is 0 Å². The number of nitrogens with one attached hydrogen (secondary N) is 1. The van der Waals surface area contributed by atoms with Gasteiger partial charge in [0.1, 0.15) is 5.76 Å². The smallest absolute Gasteiger partial charge is 0.314 e. The Morgan fingerprint density at radius 3 is 2.88 bits per heavy atom. The number of likely N-dealkylation sites (tertiary alicyclic amines) is 1. The zero-order valence-corrected chi connectivity index (χ0v) is 9.19. The van der Waals surface area contributed by atoms with Crippen molar-refractivity contribution >= 4 is 6.03 Å². The first kappa shape index (κ1) is 11.0. The molecule has 1 aliphatic heterocycles. The summed E-state index contributed by atoms with van der Waals surface area (Å²) in [6.45, 7) is 2.23. The van der Waals surface area contributed by atoms with Crippen molar-refractivity contribution in [3.8, 4) is 0 Å². The average Bonchev–Trinajstić information content (AvgIpc) is 2.80. The van der Waals surface area contributed by atoms with Crippen LogP contribution in [-0.4, -0.2) is 30.1 Å². The van der Waals surface area contributed by atoms with E-state index in [4.69, 9.17) is 10.2 Å². The molecule has 5 heteroatoms. The lowest BCUT2D eigenvalue weighted by Crippen LogP contribution is -2.46. The fourth-order valence-electron chi connectivity index (χ4n) is 1.96. The summed E-state index contributed by atoms with van der Waals surface area (Å²) in [5, 5.41) is 3.41. The van der Waals surface area contributed by atoms with Crippen LogP contribution in [0.3, 0.4) is 0 Å². The molecule has 5 nitrogen and oxygen atoms in total. The van der Waals surface area contributed by atoms with Crippen molar-refractivity contribution in [1.29, 1.82) is 0 Å². The number of piperidine rings is 1. The number of urea groups is 1. The molecule has 0 spiro atoms. The van der Waals surface area contributed by atoms with Crippen LogP contribution in [0.15, 0.2) is 22.8 Å². The lowest BCUT2D eigenvalue weighted by molar-refractivity contribution is 0.184. The summed E-state index contributed by atoms with van der Waals surface area (Å²) in [5.41, 5.74) is 5.22. The Balaban J connectivity index is 1.71. The van der Waals surface area contributed by atoms with Gasteiger partial charge in [0.25, 0.3) is 0 Å². The van der Waals surface area contributed by atoms with Gasteiger partial charge in [0.05, 0.1) is 12.8 Å². The van der Waals surface area contributed by atoms with Gasteiger partial charge < -0.3 is 20.4 Å². The Morgan fingerprint density at radius 1 is 1.56 bits per heavy atom. The van der Waals surface area contributed by atoms with E-state index in [1.807, 2.05) is 12.1 Å². The van der Waals surface area contributed by atoms with E-state index in [0.717, 1.165) is 38.2 Å². The van der Waals surface area contributed by atoms with Gasteiger partial charge in [-0.05, 0) is 25.0 Å². The molecule has 1 aromatic rings. The molecule has 0 aromatic carbocycles. The third-order valence-electron chi connectivity index (χ3n) is 2.95. The highest BCUT2D eigenvalue weighted by Crippen LogP contribution is 2.10. The van der Waals surface area contributed by atoms with E-state index in [9.17, 15) is 4.79 Å². The predicted octanol–water partition coefficient (Wildman–Crippen LogP) is 0.912. The molecule has 2 heterocycles. The van der Waals surface area contributed by atoms with Crippen molar-refractivity contribution in [3.63, 3.8) is 0 Å². The molecule has 88 valence electrons. The Hall–Kier alpha value is -1.49. The number of carbonyl (C=O) groups is 1. The molecule has 2 amide bonds. The Morgan fingerprint density at radius 2 is 2.31 bits per heavy atom. The maximum Gasteiger partial charge on any atom is 0.314 e. The average molecular weight is 223 g/mol. The third kappa shape index (κ3) is 2.76. The Bertz CT molecular complexity index is 329. The number of hydrogen-bond acceptors (Lipinski definition) is 3. The molecule has 0 aliphatic carbocycles. The van der Waals surface area contributed by atoms with Crippen LogP contribution in [-0.2, 0) is 6.54 Å². The van der Waals surface area contributed by atoms with E-state index in [0.29, 0.717) is 6.04 Å². The van der Waals surface area contributed by atoms with Crippen molar-refractivity contribution in [1.82, 2.24) is 10.2 Å². The van der Waals surface area contributed by atoms with Gasteiger partial charge in [-0.2, -0.15) is 0 Å². The van der Waals surface area contributed by atoms with Gasteiger partial charge in [-0.15, -0.1) is 0 Å². The molecule has 3 N–H and O–H groups in total. The van der Waals surface area contributed by atoms with Crippen LogP contribution in [0.1, 0.15) is 18.6 Å². The number of furan rings is 1. The van der Waals surface area contributed by atoms with Gasteiger partial charge in [0, 0.05) is 19.1 Å². The minimum Gasteiger partial charge on any atom is -0.468 e. The van der Waals surface area contributed by atoms with Crippen LogP contribution in [0, 0.1) is 0 Å². The van der Waals surface area contributed by atoms with E-state index < -0.39 is 0 Å². The summed E-state index contributed by atoms with van der Waals surface area (Å²) in [7, 11) is 0. The largest absolute Gasteiger partial charge is 0.468 e. The normalized spacial score (nSPS) is 17.6. The second kappa shape index (κ2) is 5.03. The van der Waals surface area contributed by atoms with E-state index in [2.05, 4.69) is 5.32 Å². The van der Waals surface area contributed by atoms with Crippen LogP contribution in [0.25, 0.3) is 0 Å². The lowest BCUT2D eigenvalue weighted by Gasteiger charge is -2.31. The minimum atomic E-state index is -0.315. The summed E-state index contributed by atoms with van der Waals surface area (Å²) < 4.78 is 5.24. The summed E-state index contributed by atoms with van der Waals surface area (Å²) in [6, 6.07) is 3.96. The molecule has 1 aromatic heterocycles. The summed E-state index contributed by atoms with van der Waals surface area (Å²) in [6.07, 6.45) is 3.57. The van der Waals surface area contributed by atoms with Gasteiger partial charge in [-0.3, -0.25) is 0 Å². The highest BCUT2D eigenvalue weighted by atomic mass is 16.3. The maximum absolute atomic E-state index is 10.9. The molecule has 1 saturated heterocycles. The van der Waals surface area contributed by atoms with E-state index in [-0.39, 0.29) is 6.03 Å². The topological polar surface area (TPSA) is 71.5 Å². The van der Waals surface area contributed by atoms with Gasteiger partial charge in [0.15, 0.2) is 0 Å². The molecule has 0 bridgehead atoms. The molecule has 1 aliphatic rings. The number of hydrogen-bond donors (Lipinski definition) is 2. The molecular formula is C11H17N3O2. The maximum atomic E-state index is 10.9. The molecule has 0 atom stereocenters. The number of primary amides is 1. The first-order valence-electron chi connectivity index (χ1n) is 5.56. The molecule has 16 heavy (non-hydrogen) atoms. The summed E-state index contributed by atoms with van der Waals surface area (Å²) in [4.78, 5) is 12.6. The highest BCUT2D eigenvalue weighted by molar-refractivity contribution is 5.72.